The SMILES string of the molecule is NC(Cc1ccccc1)C(=O)NCC(=O)NC(CC(=O)O)C(=O)NC(Cc1cnc[nH]1)C(=O)O. The fourth-order valence-corrected chi connectivity index (χ4v) is 2.98. The number of carboxylic acid groups (broad SMARTS) is 2. The van der Waals surface area contributed by atoms with E-state index < -0.39 is 60.8 Å². The molecule has 182 valence electrons. The number of carboxylic acids is 2. The van der Waals surface area contributed by atoms with Gasteiger partial charge in [-0.05, 0) is 12.0 Å². The molecule has 1 aromatic heterocycles. The van der Waals surface area contributed by atoms with Crippen LogP contribution in [-0.2, 0) is 36.8 Å². The number of nitrogens with one attached hydrogen (secondary N) is 4. The van der Waals surface area contributed by atoms with Gasteiger partial charge in [-0.15, -0.1) is 0 Å². The predicted octanol–water partition coefficient (Wildman–Crippen LogP) is -1.83. The van der Waals surface area contributed by atoms with Gasteiger partial charge in [0.15, 0.2) is 0 Å². The van der Waals surface area contributed by atoms with Gasteiger partial charge in [0.2, 0.25) is 17.7 Å². The number of nitrogens with zero attached hydrogens (tertiary/aromatic N) is 1. The van der Waals surface area contributed by atoms with E-state index in [9.17, 15) is 29.1 Å². The highest BCUT2D eigenvalue weighted by Crippen LogP contribution is 2.03. The molecule has 0 saturated carbocycles. The van der Waals surface area contributed by atoms with Crippen molar-refractivity contribution in [3.8, 4) is 0 Å². The second-order valence-electron chi connectivity index (χ2n) is 7.41. The third kappa shape index (κ3) is 8.70. The Morgan fingerprint density at radius 1 is 0.971 bits per heavy atom. The van der Waals surface area contributed by atoms with Gasteiger partial charge < -0.3 is 36.9 Å². The molecular weight excluding hydrogens is 448 g/mol. The second kappa shape index (κ2) is 12.7. The Balaban J connectivity index is 1.91. The first-order chi connectivity index (χ1) is 16.2. The molecule has 1 aromatic carbocycles. The summed E-state index contributed by atoms with van der Waals surface area (Å²) < 4.78 is 0. The quantitative estimate of drug-likeness (QED) is 0.173. The fraction of sp³-hybridized carbons (Fsp3) is 0.333. The number of aliphatic carboxylic acids is 2. The molecule has 0 aliphatic carbocycles. The maximum absolute atomic E-state index is 12.5. The number of carbonyl (C=O) groups excluding carboxylic acids is 3. The molecule has 0 fully saturated rings. The number of benzene rings is 1. The number of carbonyl (C=O) groups is 5. The average molecular weight is 474 g/mol. The Bertz CT molecular complexity index is 996. The molecule has 0 bridgehead atoms. The topological polar surface area (TPSA) is 217 Å². The van der Waals surface area contributed by atoms with Crippen molar-refractivity contribution in [3.05, 3.63) is 54.1 Å². The van der Waals surface area contributed by atoms with E-state index in [1.807, 2.05) is 6.07 Å². The number of nitrogens with two attached hydrogens (primary N) is 1. The highest BCUT2D eigenvalue weighted by molar-refractivity contribution is 5.94. The molecule has 2 rings (SSSR count). The zero-order valence-corrected chi connectivity index (χ0v) is 18.1. The van der Waals surface area contributed by atoms with Crippen LogP contribution >= 0.6 is 0 Å². The van der Waals surface area contributed by atoms with Crippen LogP contribution in [0.4, 0.5) is 0 Å². The minimum atomic E-state index is -1.57. The van der Waals surface area contributed by atoms with Gasteiger partial charge in [0.1, 0.15) is 12.1 Å². The van der Waals surface area contributed by atoms with Gasteiger partial charge in [-0.2, -0.15) is 0 Å². The largest absolute Gasteiger partial charge is 0.481 e. The number of hydrogen-bond donors (Lipinski definition) is 7. The molecule has 0 aliphatic heterocycles. The first-order valence-electron chi connectivity index (χ1n) is 10.2. The van der Waals surface area contributed by atoms with Gasteiger partial charge in [-0.3, -0.25) is 19.2 Å². The number of hydrogen-bond acceptors (Lipinski definition) is 7. The van der Waals surface area contributed by atoms with Gasteiger partial charge in [0.25, 0.3) is 0 Å². The predicted molar refractivity (Wildman–Crippen MR) is 117 cm³/mol. The summed E-state index contributed by atoms with van der Waals surface area (Å²) in [5.41, 5.74) is 7.10. The third-order valence-corrected chi connectivity index (χ3v) is 4.68. The zero-order valence-electron chi connectivity index (χ0n) is 18.1. The van der Waals surface area contributed by atoms with Crippen molar-refractivity contribution in [1.82, 2.24) is 25.9 Å². The van der Waals surface area contributed by atoms with Crippen molar-refractivity contribution < 1.29 is 34.2 Å². The molecule has 8 N–H and O–H groups in total. The molecule has 0 spiro atoms. The first-order valence-corrected chi connectivity index (χ1v) is 10.2. The van der Waals surface area contributed by atoms with Crippen molar-refractivity contribution >= 4 is 29.7 Å². The van der Waals surface area contributed by atoms with Crippen LogP contribution in [0.25, 0.3) is 0 Å². The summed E-state index contributed by atoms with van der Waals surface area (Å²) in [5, 5.41) is 25.2. The Kier molecular flexibility index (Phi) is 9.71. The van der Waals surface area contributed by atoms with Crippen LogP contribution in [0.15, 0.2) is 42.9 Å². The van der Waals surface area contributed by atoms with Crippen molar-refractivity contribution in [2.45, 2.75) is 37.4 Å². The molecule has 13 heteroatoms. The van der Waals surface area contributed by atoms with Crippen molar-refractivity contribution in [2.75, 3.05) is 6.54 Å². The van der Waals surface area contributed by atoms with Gasteiger partial charge >= 0.3 is 11.9 Å². The number of H-pyrrole nitrogens is 1. The monoisotopic (exact) mass is 474 g/mol. The number of aromatic amines is 1. The summed E-state index contributed by atoms with van der Waals surface area (Å²) in [5.74, 6) is -5.21. The van der Waals surface area contributed by atoms with Crippen LogP contribution in [0.5, 0.6) is 0 Å². The Morgan fingerprint density at radius 3 is 2.26 bits per heavy atom. The van der Waals surface area contributed by atoms with Gasteiger partial charge in [0.05, 0.1) is 25.3 Å². The lowest BCUT2D eigenvalue weighted by atomic mass is 10.1. The summed E-state index contributed by atoms with van der Waals surface area (Å²) in [4.78, 5) is 66.0. The Labute approximate surface area is 194 Å². The van der Waals surface area contributed by atoms with E-state index in [1.165, 1.54) is 12.5 Å². The van der Waals surface area contributed by atoms with Gasteiger partial charge in [0, 0.05) is 18.3 Å². The zero-order chi connectivity index (χ0) is 25.1. The van der Waals surface area contributed by atoms with E-state index in [1.54, 1.807) is 24.3 Å². The Morgan fingerprint density at radius 2 is 1.68 bits per heavy atom. The first kappa shape index (κ1) is 26.0. The van der Waals surface area contributed by atoms with E-state index >= 15 is 0 Å². The molecule has 0 radical (unpaired) electrons. The Hall–Kier alpha value is -4.26. The van der Waals surface area contributed by atoms with Crippen LogP contribution in [0.2, 0.25) is 0 Å². The number of amides is 3. The van der Waals surface area contributed by atoms with E-state index in [-0.39, 0.29) is 12.8 Å². The maximum atomic E-state index is 12.5. The van der Waals surface area contributed by atoms with Crippen LogP contribution in [0.3, 0.4) is 0 Å². The average Bonchev–Trinajstić information content (AvgIpc) is 3.30. The van der Waals surface area contributed by atoms with Gasteiger partial charge in [-0.1, -0.05) is 30.3 Å². The number of imidazole rings is 1. The van der Waals surface area contributed by atoms with Crippen molar-refractivity contribution in [1.29, 1.82) is 0 Å². The van der Waals surface area contributed by atoms with E-state index in [0.717, 1.165) is 5.56 Å². The minimum Gasteiger partial charge on any atom is -0.481 e. The van der Waals surface area contributed by atoms with Crippen molar-refractivity contribution in [3.63, 3.8) is 0 Å². The lowest BCUT2D eigenvalue weighted by Crippen LogP contribution is -2.54. The van der Waals surface area contributed by atoms with Crippen LogP contribution in [-0.4, -0.2) is 74.5 Å². The fourth-order valence-electron chi connectivity index (χ4n) is 2.98. The smallest absolute Gasteiger partial charge is 0.326 e. The molecule has 0 aliphatic rings. The molecule has 2 aromatic rings. The summed E-state index contributed by atoms with van der Waals surface area (Å²) in [7, 11) is 0. The van der Waals surface area contributed by atoms with Crippen LogP contribution in [0, 0.1) is 0 Å². The molecule has 1 heterocycles. The molecule has 34 heavy (non-hydrogen) atoms. The summed E-state index contributed by atoms with van der Waals surface area (Å²) in [6, 6.07) is 5.12. The molecule has 13 nitrogen and oxygen atoms in total. The van der Waals surface area contributed by atoms with Gasteiger partial charge in [-0.25, -0.2) is 9.78 Å². The molecule has 0 saturated heterocycles. The van der Waals surface area contributed by atoms with E-state index in [4.69, 9.17) is 10.8 Å². The highest BCUT2D eigenvalue weighted by atomic mass is 16.4. The minimum absolute atomic E-state index is 0.135. The summed E-state index contributed by atoms with van der Waals surface area (Å²) >= 11 is 0. The lowest BCUT2D eigenvalue weighted by molar-refractivity contribution is -0.143. The van der Waals surface area contributed by atoms with Crippen LogP contribution < -0.4 is 21.7 Å². The van der Waals surface area contributed by atoms with E-state index in [2.05, 4.69) is 25.9 Å². The van der Waals surface area contributed by atoms with E-state index in [0.29, 0.717) is 5.69 Å². The summed E-state index contributed by atoms with van der Waals surface area (Å²) in [6.07, 6.45) is 2.03. The van der Waals surface area contributed by atoms with Crippen LogP contribution in [0.1, 0.15) is 17.7 Å². The molecule has 3 amide bonds. The maximum Gasteiger partial charge on any atom is 0.326 e. The molecule has 3 atom stereocenters. The number of aromatic nitrogens is 2. The van der Waals surface area contributed by atoms with Crippen molar-refractivity contribution in [2.24, 2.45) is 5.73 Å². The standard InChI is InChI=1S/C21H26N6O7/c22-14(6-12-4-2-1-3-5-12)19(31)24-10-17(28)26-15(8-18(29)30)20(32)27-16(21(33)34)7-13-9-23-11-25-13/h1-5,9,11,14-16H,6-8,10,22H2,(H,23,25)(H,24,31)(H,26,28)(H,27,32)(H,29,30)(H,33,34). The normalized spacial score (nSPS) is 13.2. The summed E-state index contributed by atoms with van der Waals surface area (Å²) in [6.45, 7) is -0.554. The number of rotatable bonds is 13. The second-order valence-corrected chi connectivity index (χ2v) is 7.41. The lowest BCUT2D eigenvalue weighted by Gasteiger charge is -2.20. The molecular formula is C21H26N6O7. The highest BCUT2D eigenvalue weighted by Gasteiger charge is 2.29. The molecule has 3 unspecified atom stereocenters. The third-order valence-electron chi connectivity index (χ3n) is 4.68.